The minimum atomic E-state index is -0.632. The van der Waals surface area contributed by atoms with Crippen molar-refractivity contribution in [2.75, 3.05) is 7.05 Å². The Morgan fingerprint density at radius 3 is 2.47 bits per heavy atom. The first kappa shape index (κ1) is 14.0. The van der Waals surface area contributed by atoms with E-state index in [4.69, 9.17) is 4.74 Å². The third-order valence-corrected chi connectivity index (χ3v) is 3.75. The quantitative estimate of drug-likeness (QED) is 0.904. The lowest BCUT2D eigenvalue weighted by Crippen LogP contribution is -2.02. The highest BCUT2D eigenvalue weighted by Gasteiger charge is 2.07. The van der Waals surface area contributed by atoms with Crippen LogP contribution in [0.15, 0.2) is 24.3 Å². The van der Waals surface area contributed by atoms with Gasteiger partial charge in [0.25, 0.3) is 0 Å². The Morgan fingerprint density at radius 1 is 1.16 bits per heavy atom. The Bertz CT molecular complexity index is 548. The summed E-state index contributed by atoms with van der Waals surface area (Å²) < 4.78 is 31.5. The standard InChI is InChI=1S/C14H15F2NOS/c1-9-10(3-14(19-9)7-17-2)8-18-13-5-11(15)4-12(16)6-13/h3-6,17H,7-8H2,1-2H3. The second-order valence-electron chi connectivity index (χ2n) is 4.22. The lowest BCUT2D eigenvalue weighted by Gasteiger charge is -2.06. The van der Waals surface area contributed by atoms with Gasteiger partial charge in [0.1, 0.15) is 24.0 Å². The van der Waals surface area contributed by atoms with Crippen molar-refractivity contribution in [3.05, 3.63) is 51.2 Å². The van der Waals surface area contributed by atoms with Crippen LogP contribution in [0.5, 0.6) is 5.75 Å². The summed E-state index contributed by atoms with van der Waals surface area (Å²) in [6, 6.07) is 5.23. The molecular formula is C14H15F2NOS. The van der Waals surface area contributed by atoms with E-state index >= 15 is 0 Å². The van der Waals surface area contributed by atoms with Gasteiger partial charge in [0, 0.05) is 40.1 Å². The normalized spacial score (nSPS) is 10.7. The first-order valence-corrected chi connectivity index (χ1v) is 6.72. The minimum Gasteiger partial charge on any atom is -0.489 e. The van der Waals surface area contributed by atoms with Crippen LogP contribution in [0.4, 0.5) is 8.78 Å². The zero-order valence-corrected chi connectivity index (χ0v) is 11.6. The highest BCUT2D eigenvalue weighted by molar-refractivity contribution is 7.12. The second-order valence-corrected chi connectivity index (χ2v) is 5.56. The van der Waals surface area contributed by atoms with Crippen LogP contribution in [0.2, 0.25) is 0 Å². The monoisotopic (exact) mass is 283 g/mol. The smallest absolute Gasteiger partial charge is 0.129 e. The van der Waals surface area contributed by atoms with E-state index in [1.807, 2.05) is 20.0 Å². The molecule has 1 aromatic heterocycles. The minimum absolute atomic E-state index is 0.207. The van der Waals surface area contributed by atoms with Crippen molar-refractivity contribution in [3.8, 4) is 5.75 Å². The first-order valence-electron chi connectivity index (χ1n) is 5.90. The van der Waals surface area contributed by atoms with Crippen LogP contribution in [0, 0.1) is 18.6 Å². The summed E-state index contributed by atoms with van der Waals surface area (Å²) in [6.07, 6.45) is 0. The molecule has 1 aromatic carbocycles. The van der Waals surface area contributed by atoms with E-state index in [1.165, 1.54) is 17.0 Å². The Morgan fingerprint density at radius 2 is 1.84 bits per heavy atom. The van der Waals surface area contributed by atoms with Gasteiger partial charge in [0.2, 0.25) is 0 Å². The Hall–Kier alpha value is -1.46. The predicted molar refractivity (Wildman–Crippen MR) is 72.5 cm³/mol. The zero-order valence-electron chi connectivity index (χ0n) is 10.8. The fourth-order valence-corrected chi connectivity index (χ4v) is 2.83. The van der Waals surface area contributed by atoms with Crippen LogP contribution in [0.25, 0.3) is 0 Å². The molecule has 0 radical (unpaired) electrons. The number of nitrogens with one attached hydrogen (secondary N) is 1. The number of hydrogen-bond donors (Lipinski definition) is 1. The van der Waals surface area contributed by atoms with Gasteiger partial charge in [-0.1, -0.05) is 0 Å². The molecule has 2 nitrogen and oxygen atoms in total. The molecule has 0 amide bonds. The van der Waals surface area contributed by atoms with Gasteiger partial charge < -0.3 is 10.1 Å². The van der Waals surface area contributed by atoms with E-state index in [-0.39, 0.29) is 5.75 Å². The fraction of sp³-hybridized carbons (Fsp3) is 0.286. The van der Waals surface area contributed by atoms with Crippen molar-refractivity contribution >= 4 is 11.3 Å². The lowest BCUT2D eigenvalue weighted by molar-refractivity contribution is 0.302. The SMILES string of the molecule is CNCc1cc(COc2cc(F)cc(F)c2)c(C)s1. The van der Waals surface area contributed by atoms with Crippen molar-refractivity contribution in [2.45, 2.75) is 20.1 Å². The molecule has 0 saturated carbocycles. The first-order chi connectivity index (χ1) is 9.08. The average Bonchev–Trinajstić information content (AvgIpc) is 2.66. The molecule has 2 aromatic rings. The largest absolute Gasteiger partial charge is 0.489 e. The number of hydrogen-bond acceptors (Lipinski definition) is 3. The number of halogens is 2. The molecule has 102 valence electrons. The fourth-order valence-electron chi connectivity index (χ4n) is 1.77. The molecule has 0 aliphatic heterocycles. The maximum atomic E-state index is 13.0. The molecule has 0 saturated heterocycles. The molecule has 0 fully saturated rings. The molecule has 0 unspecified atom stereocenters. The molecule has 1 heterocycles. The molecule has 0 aliphatic carbocycles. The Balaban J connectivity index is 2.05. The van der Waals surface area contributed by atoms with E-state index in [0.717, 1.165) is 23.1 Å². The number of ether oxygens (including phenoxy) is 1. The van der Waals surface area contributed by atoms with E-state index in [9.17, 15) is 8.78 Å². The molecule has 0 aliphatic rings. The van der Waals surface area contributed by atoms with Crippen molar-refractivity contribution in [1.82, 2.24) is 5.32 Å². The predicted octanol–water partition coefficient (Wildman–Crippen LogP) is 3.63. The summed E-state index contributed by atoms with van der Waals surface area (Å²) in [5.74, 6) is -1.06. The third-order valence-electron chi connectivity index (χ3n) is 2.65. The van der Waals surface area contributed by atoms with Crippen LogP contribution in [0.1, 0.15) is 15.3 Å². The summed E-state index contributed by atoms with van der Waals surface area (Å²) in [5.41, 5.74) is 1.04. The molecule has 19 heavy (non-hydrogen) atoms. The van der Waals surface area contributed by atoms with Crippen LogP contribution in [0.3, 0.4) is 0 Å². The van der Waals surface area contributed by atoms with Crippen LogP contribution in [-0.2, 0) is 13.2 Å². The summed E-state index contributed by atoms with van der Waals surface area (Å²) >= 11 is 1.69. The number of benzene rings is 1. The van der Waals surface area contributed by atoms with Crippen LogP contribution in [-0.4, -0.2) is 7.05 Å². The zero-order chi connectivity index (χ0) is 13.8. The molecule has 2 rings (SSSR count). The molecule has 1 N–H and O–H groups in total. The topological polar surface area (TPSA) is 21.3 Å². The average molecular weight is 283 g/mol. The van der Waals surface area contributed by atoms with Gasteiger partial charge in [-0.25, -0.2) is 8.78 Å². The van der Waals surface area contributed by atoms with Gasteiger partial charge in [-0.15, -0.1) is 11.3 Å². The second kappa shape index (κ2) is 6.12. The van der Waals surface area contributed by atoms with Gasteiger partial charge >= 0.3 is 0 Å². The number of rotatable bonds is 5. The van der Waals surface area contributed by atoms with E-state index in [1.54, 1.807) is 11.3 Å². The Labute approximate surface area is 115 Å². The lowest BCUT2D eigenvalue weighted by atomic mass is 10.2. The van der Waals surface area contributed by atoms with Gasteiger partial charge in [-0.05, 0) is 20.0 Å². The summed E-state index contributed by atoms with van der Waals surface area (Å²) in [4.78, 5) is 2.37. The molecule has 0 bridgehead atoms. The van der Waals surface area contributed by atoms with Crippen LogP contribution < -0.4 is 10.1 Å². The van der Waals surface area contributed by atoms with E-state index in [2.05, 4.69) is 5.32 Å². The summed E-state index contributed by atoms with van der Waals surface area (Å²) in [7, 11) is 1.89. The van der Waals surface area contributed by atoms with Gasteiger partial charge in [0.05, 0.1) is 0 Å². The summed E-state index contributed by atoms with van der Waals surface area (Å²) in [5, 5.41) is 3.08. The van der Waals surface area contributed by atoms with E-state index in [0.29, 0.717) is 6.61 Å². The third kappa shape index (κ3) is 3.75. The van der Waals surface area contributed by atoms with Gasteiger partial charge in [-0.2, -0.15) is 0 Å². The maximum absolute atomic E-state index is 13.0. The molecule has 5 heteroatoms. The maximum Gasteiger partial charge on any atom is 0.129 e. The van der Waals surface area contributed by atoms with E-state index < -0.39 is 11.6 Å². The highest BCUT2D eigenvalue weighted by Crippen LogP contribution is 2.24. The Kier molecular flexibility index (Phi) is 4.50. The van der Waals surface area contributed by atoms with Crippen molar-refractivity contribution in [1.29, 1.82) is 0 Å². The molecule has 0 atom stereocenters. The highest BCUT2D eigenvalue weighted by atomic mass is 32.1. The summed E-state index contributed by atoms with van der Waals surface area (Å²) in [6.45, 7) is 3.13. The molecule has 0 spiro atoms. The van der Waals surface area contributed by atoms with Gasteiger partial charge in [-0.3, -0.25) is 0 Å². The molecular weight excluding hydrogens is 268 g/mol. The number of thiophene rings is 1. The number of aryl methyl sites for hydroxylation is 1. The van der Waals surface area contributed by atoms with Crippen LogP contribution >= 0.6 is 11.3 Å². The van der Waals surface area contributed by atoms with Crippen molar-refractivity contribution in [2.24, 2.45) is 0 Å². The van der Waals surface area contributed by atoms with Crippen molar-refractivity contribution < 1.29 is 13.5 Å². The van der Waals surface area contributed by atoms with Crippen molar-refractivity contribution in [3.63, 3.8) is 0 Å². The van der Waals surface area contributed by atoms with Gasteiger partial charge in [0.15, 0.2) is 0 Å².